The van der Waals surface area contributed by atoms with Crippen molar-refractivity contribution >= 4 is 5.91 Å². The Bertz CT molecular complexity index is 989. The Balaban J connectivity index is 3.56. The molecule has 0 heterocycles. The second-order valence-electron chi connectivity index (χ2n) is 18.4. The minimum atomic E-state index is -1.11. The van der Waals surface area contributed by atoms with E-state index in [1.807, 2.05) is 6.08 Å². The normalized spacial score (nSPS) is 13.7. The highest BCUT2D eigenvalue weighted by molar-refractivity contribution is 5.80. The van der Waals surface area contributed by atoms with Gasteiger partial charge in [0.2, 0.25) is 5.91 Å². The monoisotopic (exact) mass is 856 g/mol. The van der Waals surface area contributed by atoms with Crippen LogP contribution < -0.4 is 5.32 Å². The molecule has 0 aliphatic carbocycles. The number of carbonyl (C=O) groups is 1. The number of amides is 1. The molecule has 3 unspecified atom stereocenters. The summed E-state index contributed by atoms with van der Waals surface area (Å²) in [6, 6.07) is -0.821. The molecule has 0 radical (unpaired) electrons. The van der Waals surface area contributed by atoms with Gasteiger partial charge in [-0.2, -0.15) is 0 Å². The molecule has 0 fully saturated rings. The molecule has 0 spiro atoms. The SMILES string of the molecule is CCCCCCC/C=C/CC/C=C/CC/C=C/C(O)C(CO)NC(=O)C(O)CCCCCCCCCCCCCCCCCC/C=C\CCCCCCCCCCCCCC. The van der Waals surface area contributed by atoms with Crippen LogP contribution in [-0.4, -0.2) is 46.1 Å². The van der Waals surface area contributed by atoms with Crippen molar-refractivity contribution in [1.29, 1.82) is 0 Å². The third-order valence-electron chi connectivity index (χ3n) is 12.4. The zero-order valence-corrected chi connectivity index (χ0v) is 40.8. The lowest BCUT2D eigenvalue weighted by Gasteiger charge is -2.21. The molecule has 0 aliphatic rings. The van der Waals surface area contributed by atoms with Gasteiger partial charge in [-0.15, -0.1) is 0 Å². The predicted molar refractivity (Wildman–Crippen MR) is 268 cm³/mol. The Hall–Kier alpha value is -1.69. The molecule has 0 rings (SSSR count). The van der Waals surface area contributed by atoms with Gasteiger partial charge >= 0.3 is 0 Å². The van der Waals surface area contributed by atoms with E-state index in [-0.39, 0.29) is 6.61 Å². The first kappa shape index (κ1) is 59.3. The van der Waals surface area contributed by atoms with Gasteiger partial charge in [0.15, 0.2) is 0 Å². The summed E-state index contributed by atoms with van der Waals surface area (Å²) >= 11 is 0. The number of aliphatic hydroxyl groups excluding tert-OH is 3. The fourth-order valence-corrected chi connectivity index (χ4v) is 8.15. The van der Waals surface area contributed by atoms with Gasteiger partial charge in [0.05, 0.1) is 18.8 Å². The standard InChI is InChI=1S/C56H105NO4/c1-3-5-7-9-11-13-15-17-19-20-21-22-23-24-25-26-27-28-29-30-31-32-33-34-35-37-39-41-43-45-47-49-51-55(60)56(61)57-53(52-58)54(59)50-48-46-44-42-40-38-36-18-16-14-12-10-8-6-4-2/h16,18,24-25,40,42,48,50,53-55,58-60H,3-15,17,19-23,26-39,41,43-47,49,51-52H2,1-2H3,(H,57,61)/b18-16+,25-24-,42-40+,50-48+. The lowest BCUT2D eigenvalue weighted by molar-refractivity contribution is -0.131. The number of aliphatic hydroxyl groups is 3. The van der Waals surface area contributed by atoms with Crippen molar-refractivity contribution in [1.82, 2.24) is 5.32 Å². The average molecular weight is 856 g/mol. The Kier molecular flexibility index (Phi) is 49.5. The molecule has 0 bridgehead atoms. The summed E-state index contributed by atoms with van der Waals surface area (Å²) in [6.45, 7) is 4.17. The smallest absolute Gasteiger partial charge is 0.249 e. The highest BCUT2D eigenvalue weighted by Crippen LogP contribution is 2.16. The number of hydrogen-bond donors (Lipinski definition) is 4. The lowest BCUT2D eigenvalue weighted by atomic mass is 10.0. The second-order valence-corrected chi connectivity index (χ2v) is 18.4. The summed E-state index contributed by atoms with van der Waals surface area (Å²) in [7, 11) is 0. The first-order valence-electron chi connectivity index (χ1n) is 27.0. The van der Waals surface area contributed by atoms with Crippen molar-refractivity contribution in [3.8, 4) is 0 Å². The molecule has 3 atom stereocenters. The van der Waals surface area contributed by atoms with Crippen molar-refractivity contribution in [2.45, 2.75) is 295 Å². The highest BCUT2D eigenvalue weighted by Gasteiger charge is 2.22. The molecule has 0 aliphatic heterocycles. The zero-order valence-electron chi connectivity index (χ0n) is 40.8. The summed E-state index contributed by atoms with van der Waals surface area (Å²) in [5.41, 5.74) is 0. The van der Waals surface area contributed by atoms with E-state index in [1.54, 1.807) is 6.08 Å². The molecule has 0 aromatic heterocycles. The Morgan fingerprint density at radius 3 is 1.00 bits per heavy atom. The number of carbonyl (C=O) groups excluding carboxylic acids is 1. The maximum Gasteiger partial charge on any atom is 0.249 e. The quantitative estimate of drug-likeness (QED) is 0.0362. The molecule has 358 valence electrons. The van der Waals surface area contributed by atoms with Gasteiger partial charge in [-0.05, 0) is 70.6 Å². The van der Waals surface area contributed by atoms with E-state index in [0.717, 1.165) is 44.9 Å². The molecule has 1 amide bonds. The van der Waals surface area contributed by atoms with E-state index in [4.69, 9.17) is 0 Å². The molecule has 61 heavy (non-hydrogen) atoms. The molecule has 0 aromatic carbocycles. The summed E-state index contributed by atoms with van der Waals surface area (Å²) in [4.78, 5) is 12.5. The van der Waals surface area contributed by atoms with E-state index in [9.17, 15) is 20.1 Å². The van der Waals surface area contributed by atoms with Crippen molar-refractivity contribution in [3.05, 3.63) is 48.6 Å². The van der Waals surface area contributed by atoms with Gasteiger partial charge in [0.25, 0.3) is 0 Å². The Morgan fingerprint density at radius 1 is 0.393 bits per heavy atom. The highest BCUT2D eigenvalue weighted by atomic mass is 16.3. The van der Waals surface area contributed by atoms with Crippen molar-refractivity contribution in [2.24, 2.45) is 0 Å². The Labute approximate surface area is 380 Å². The largest absolute Gasteiger partial charge is 0.394 e. The fourth-order valence-electron chi connectivity index (χ4n) is 8.15. The molecule has 0 aromatic rings. The van der Waals surface area contributed by atoms with E-state index < -0.39 is 24.2 Å². The van der Waals surface area contributed by atoms with Gasteiger partial charge in [-0.1, -0.05) is 255 Å². The van der Waals surface area contributed by atoms with Crippen LogP contribution in [-0.2, 0) is 4.79 Å². The van der Waals surface area contributed by atoms with Gasteiger partial charge < -0.3 is 20.6 Å². The van der Waals surface area contributed by atoms with Crippen LogP contribution in [0, 0.1) is 0 Å². The maximum absolute atomic E-state index is 12.5. The van der Waals surface area contributed by atoms with Crippen LogP contribution in [0.5, 0.6) is 0 Å². The van der Waals surface area contributed by atoms with Gasteiger partial charge in [-0.3, -0.25) is 4.79 Å². The third kappa shape index (κ3) is 46.1. The predicted octanol–water partition coefficient (Wildman–Crippen LogP) is 16.4. The van der Waals surface area contributed by atoms with Gasteiger partial charge in [0, 0.05) is 0 Å². The summed E-state index contributed by atoms with van der Waals surface area (Å²) < 4.78 is 0. The molecule has 0 saturated heterocycles. The average Bonchev–Trinajstić information content (AvgIpc) is 3.26. The van der Waals surface area contributed by atoms with Crippen LogP contribution >= 0.6 is 0 Å². The number of allylic oxidation sites excluding steroid dienone is 7. The molecule has 5 heteroatoms. The fraction of sp³-hybridized carbons (Fsp3) is 0.839. The first-order chi connectivity index (χ1) is 30.1. The number of unbranched alkanes of at least 4 members (excludes halogenated alkanes) is 35. The molecule has 5 nitrogen and oxygen atoms in total. The van der Waals surface area contributed by atoms with Crippen molar-refractivity contribution in [3.63, 3.8) is 0 Å². The minimum absolute atomic E-state index is 0.381. The van der Waals surface area contributed by atoms with Crippen LogP contribution in [0.15, 0.2) is 48.6 Å². The van der Waals surface area contributed by atoms with Crippen molar-refractivity contribution < 1.29 is 20.1 Å². The number of rotatable bonds is 49. The zero-order chi connectivity index (χ0) is 44.4. The topological polar surface area (TPSA) is 89.8 Å². The van der Waals surface area contributed by atoms with E-state index in [0.29, 0.717) is 6.42 Å². The Morgan fingerprint density at radius 2 is 0.672 bits per heavy atom. The van der Waals surface area contributed by atoms with Crippen LogP contribution in [0.2, 0.25) is 0 Å². The maximum atomic E-state index is 12.5. The lowest BCUT2D eigenvalue weighted by Crippen LogP contribution is -2.48. The van der Waals surface area contributed by atoms with E-state index in [2.05, 4.69) is 55.6 Å². The minimum Gasteiger partial charge on any atom is -0.394 e. The second kappa shape index (κ2) is 50.9. The van der Waals surface area contributed by atoms with E-state index >= 15 is 0 Å². The van der Waals surface area contributed by atoms with Crippen LogP contribution in [0.4, 0.5) is 0 Å². The molecule has 4 N–H and O–H groups in total. The number of nitrogens with one attached hydrogen (secondary N) is 1. The molecular formula is C56H105NO4. The van der Waals surface area contributed by atoms with Crippen LogP contribution in [0.3, 0.4) is 0 Å². The van der Waals surface area contributed by atoms with E-state index in [1.165, 1.54) is 212 Å². The molecular weight excluding hydrogens is 751 g/mol. The summed E-state index contributed by atoms with van der Waals surface area (Å²) in [5.74, 6) is -0.515. The van der Waals surface area contributed by atoms with Crippen LogP contribution in [0.1, 0.15) is 277 Å². The van der Waals surface area contributed by atoms with Gasteiger partial charge in [-0.25, -0.2) is 0 Å². The van der Waals surface area contributed by atoms with Gasteiger partial charge in [0.1, 0.15) is 6.10 Å². The van der Waals surface area contributed by atoms with Crippen molar-refractivity contribution in [2.75, 3.05) is 6.61 Å². The molecule has 0 saturated carbocycles. The number of hydrogen-bond acceptors (Lipinski definition) is 4. The third-order valence-corrected chi connectivity index (χ3v) is 12.4. The summed E-state index contributed by atoms with van der Waals surface area (Å²) in [5, 5.41) is 33.2. The summed E-state index contributed by atoms with van der Waals surface area (Å²) in [6.07, 6.45) is 67.6. The van der Waals surface area contributed by atoms with Crippen LogP contribution in [0.25, 0.3) is 0 Å². The first-order valence-corrected chi connectivity index (χ1v) is 27.0.